The summed E-state index contributed by atoms with van der Waals surface area (Å²) in [5.74, 6) is 0.251. The van der Waals surface area contributed by atoms with Gasteiger partial charge in [0.05, 0.1) is 12.7 Å². The van der Waals surface area contributed by atoms with E-state index < -0.39 is 24.9 Å². The predicted molar refractivity (Wildman–Crippen MR) is 44.6 cm³/mol. The second kappa shape index (κ2) is 5.48. The molecule has 0 saturated carbocycles. The van der Waals surface area contributed by atoms with Crippen molar-refractivity contribution in [1.29, 1.82) is 0 Å². The molecule has 4 N–H and O–H groups in total. The molecule has 0 saturated heterocycles. The van der Waals surface area contributed by atoms with Crippen LogP contribution in [0.4, 0.5) is 0 Å². The fraction of sp³-hybridized carbons (Fsp3) is 1.00. The average Bonchev–Trinajstić information content (AvgIpc) is 2.00. The van der Waals surface area contributed by atoms with E-state index in [2.05, 4.69) is 0 Å². The summed E-state index contributed by atoms with van der Waals surface area (Å²) in [7, 11) is 0. The lowest BCUT2D eigenvalue weighted by Gasteiger charge is -2.22. The first kappa shape index (κ1) is 11.8. The van der Waals surface area contributed by atoms with E-state index >= 15 is 0 Å². The molecule has 0 heterocycles. The van der Waals surface area contributed by atoms with Gasteiger partial charge in [-0.2, -0.15) is 0 Å². The molecule has 0 aliphatic heterocycles. The van der Waals surface area contributed by atoms with E-state index in [4.69, 9.17) is 10.2 Å². The van der Waals surface area contributed by atoms with Gasteiger partial charge in [0, 0.05) is 0 Å². The lowest BCUT2D eigenvalue weighted by Crippen LogP contribution is -2.40. The number of rotatable bonds is 5. The van der Waals surface area contributed by atoms with Crippen molar-refractivity contribution < 1.29 is 20.4 Å². The third kappa shape index (κ3) is 4.01. The van der Waals surface area contributed by atoms with Crippen molar-refractivity contribution in [2.75, 3.05) is 6.61 Å². The molecule has 4 heteroatoms. The number of hydrogen-bond acceptors (Lipinski definition) is 4. The Morgan fingerprint density at radius 3 is 1.83 bits per heavy atom. The lowest BCUT2D eigenvalue weighted by atomic mass is 9.99. The van der Waals surface area contributed by atoms with E-state index in [0.29, 0.717) is 6.42 Å². The van der Waals surface area contributed by atoms with Crippen molar-refractivity contribution >= 4 is 0 Å². The Kier molecular flexibility index (Phi) is 5.41. The largest absolute Gasteiger partial charge is 0.394 e. The highest BCUT2D eigenvalue weighted by Gasteiger charge is 2.24. The smallest absolute Gasteiger partial charge is 0.108 e. The first-order chi connectivity index (χ1) is 5.49. The van der Waals surface area contributed by atoms with Gasteiger partial charge in [-0.1, -0.05) is 13.8 Å². The van der Waals surface area contributed by atoms with Crippen LogP contribution < -0.4 is 0 Å². The number of hydrogen-bond donors (Lipinski definition) is 4. The Morgan fingerprint density at radius 2 is 1.50 bits per heavy atom. The van der Waals surface area contributed by atoms with Crippen LogP contribution in [0.5, 0.6) is 0 Å². The summed E-state index contributed by atoms with van der Waals surface area (Å²) in [4.78, 5) is 0. The molecular weight excluding hydrogens is 160 g/mol. The van der Waals surface area contributed by atoms with E-state index in [9.17, 15) is 10.2 Å². The second-order valence-corrected chi connectivity index (χ2v) is 3.44. The van der Waals surface area contributed by atoms with Crippen molar-refractivity contribution in [3.63, 3.8) is 0 Å². The van der Waals surface area contributed by atoms with Crippen molar-refractivity contribution in [2.24, 2.45) is 5.92 Å². The topological polar surface area (TPSA) is 80.9 Å². The Bertz CT molecular complexity index is 116. The van der Waals surface area contributed by atoms with E-state index in [1.807, 2.05) is 13.8 Å². The van der Waals surface area contributed by atoms with Gasteiger partial charge in [-0.3, -0.25) is 0 Å². The van der Waals surface area contributed by atoms with Crippen molar-refractivity contribution in [3.8, 4) is 0 Å². The molecule has 4 nitrogen and oxygen atoms in total. The van der Waals surface area contributed by atoms with Crippen LogP contribution in [0.3, 0.4) is 0 Å². The zero-order valence-corrected chi connectivity index (χ0v) is 7.51. The average molecular weight is 178 g/mol. The molecule has 0 fully saturated rings. The fourth-order valence-corrected chi connectivity index (χ4v) is 0.987. The highest BCUT2D eigenvalue weighted by Crippen LogP contribution is 2.10. The maximum absolute atomic E-state index is 9.27. The van der Waals surface area contributed by atoms with Crippen molar-refractivity contribution in [3.05, 3.63) is 0 Å². The third-order valence-electron chi connectivity index (χ3n) is 1.69. The normalized spacial score (nSPS) is 19.2. The second-order valence-electron chi connectivity index (χ2n) is 3.44. The molecule has 0 rings (SSSR count). The molecule has 0 aromatic rings. The van der Waals surface area contributed by atoms with Gasteiger partial charge in [0.2, 0.25) is 0 Å². The van der Waals surface area contributed by atoms with Gasteiger partial charge in [0.1, 0.15) is 12.2 Å². The minimum absolute atomic E-state index is 0.251. The van der Waals surface area contributed by atoms with Crippen molar-refractivity contribution in [1.82, 2.24) is 0 Å². The summed E-state index contributed by atoms with van der Waals surface area (Å²) in [5.41, 5.74) is 0. The standard InChI is InChI=1S/C8H18O4/c1-5(2)3-6(10)8(12)7(11)4-9/h5-12H,3-4H2,1-2H3/t6-,7+,8+/m0/s1. The number of aliphatic hydroxyl groups is 4. The summed E-state index contributed by atoms with van der Waals surface area (Å²) in [5, 5.41) is 35.9. The summed E-state index contributed by atoms with van der Waals surface area (Å²) in [6.45, 7) is 3.28. The van der Waals surface area contributed by atoms with Crippen LogP contribution in [0.15, 0.2) is 0 Å². The fourth-order valence-electron chi connectivity index (χ4n) is 0.987. The van der Waals surface area contributed by atoms with Gasteiger partial charge in [0.25, 0.3) is 0 Å². The van der Waals surface area contributed by atoms with Gasteiger partial charge in [-0.15, -0.1) is 0 Å². The van der Waals surface area contributed by atoms with Crippen LogP contribution in [0.25, 0.3) is 0 Å². The Labute approximate surface area is 72.5 Å². The molecule has 0 bridgehead atoms. The van der Waals surface area contributed by atoms with E-state index in [0.717, 1.165) is 0 Å². The van der Waals surface area contributed by atoms with Crippen LogP contribution in [-0.2, 0) is 0 Å². The maximum atomic E-state index is 9.27. The Balaban J connectivity index is 3.83. The molecule has 74 valence electrons. The quantitative estimate of drug-likeness (QED) is 0.440. The summed E-state index contributed by atoms with van der Waals surface area (Å²) in [6, 6.07) is 0. The maximum Gasteiger partial charge on any atom is 0.108 e. The van der Waals surface area contributed by atoms with Gasteiger partial charge in [-0.25, -0.2) is 0 Å². The first-order valence-electron chi connectivity index (χ1n) is 4.14. The highest BCUT2D eigenvalue weighted by molar-refractivity contribution is 4.75. The molecule has 0 unspecified atom stereocenters. The molecule has 0 aromatic heterocycles. The summed E-state index contributed by atoms with van der Waals surface area (Å²) < 4.78 is 0. The van der Waals surface area contributed by atoms with Crippen LogP contribution in [0.2, 0.25) is 0 Å². The van der Waals surface area contributed by atoms with E-state index in [-0.39, 0.29) is 5.92 Å². The highest BCUT2D eigenvalue weighted by atomic mass is 16.4. The molecule has 0 spiro atoms. The summed E-state index contributed by atoms with van der Waals surface area (Å²) in [6.07, 6.45) is -3.05. The molecule has 0 aromatic carbocycles. The van der Waals surface area contributed by atoms with Crippen molar-refractivity contribution in [2.45, 2.75) is 38.6 Å². The predicted octanol–water partition coefficient (Wildman–Crippen LogP) is -0.893. The molecule has 0 radical (unpaired) electrons. The minimum Gasteiger partial charge on any atom is -0.394 e. The minimum atomic E-state index is -1.25. The van der Waals surface area contributed by atoms with E-state index in [1.165, 1.54) is 0 Å². The van der Waals surface area contributed by atoms with Crippen LogP contribution in [0.1, 0.15) is 20.3 Å². The van der Waals surface area contributed by atoms with Crippen LogP contribution in [-0.4, -0.2) is 45.3 Å². The third-order valence-corrected chi connectivity index (χ3v) is 1.69. The van der Waals surface area contributed by atoms with Gasteiger partial charge >= 0.3 is 0 Å². The van der Waals surface area contributed by atoms with Gasteiger partial charge in [-0.05, 0) is 12.3 Å². The van der Waals surface area contributed by atoms with E-state index in [1.54, 1.807) is 0 Å². The zero-order chi connectivity index (χ0) is 9.72. The van der Waals surface area contributed by atoms with Gasteiger partial charge in [0.15, 0.2) is 0 Å². The molecule has 0 aliphatic carbocycles. The number of aliphatic hydroxyl groups excluding tert-OH is 4. The summed E-state index contributed by atoms with van der Waals surface area (Å²) >= 11 is 0. The first-order valence-corrected chi connectivity index (χ1v) is 4.14. The van der Waals surface area contributed by atoms with Crippen LogP contribution >= 0.6 is 0 Å². The van der Waals surface area contributed by atoms with Crippen LogP contribution in [0, 0.1) is 5.92 Å². The SMILES string of the molecule is CC(C)C[C@H](O)[C@@H](O)[C@H](O)CO. The Hall–Kier alpha value is -0.160. The molecule has 0 aliphatic rings. The molecule has 12 heavy (non-hydrogen) atoms. The molecule has 3 atom stereocenters. The van der Waals surface area contributed by atoms with Gasteiger partial charge < -0.3 is 20.4 Å². The molecular formula is C8H18O4. The monoisotopic (exact) mass is 178 g/mol. The Morgan fingerprint density at radius 1 is 1.00 bits per heavy atom. The molecule has 0 amide bonds. The zero-order valence-electron chi connectivity index (χ0n) is 7.51. The lowest BCUT2D eigenvalue weighted by molar-refractivity contribution is -0.0812.